The van der Waals surface area contributed by atoms with E-state index in [1.807, 2.05) is 66.5 Å². The molecule has 0 aliphatic carbocycles. The van der Waals surface area contributed by atoms with Gasteiger partial charge >= 0.3 is 0 Å². The van der Waals surface area contributed by atoms with E-state index in [1.165, 1.54) is 0 Å². The smallest absolute Gasteiger partial charge is 0.251 e. The molecule has 4 rings (SSSR count). The van der Waals surface area contributed by atoms with Gasteiger partial charge in [0.15, 0.2) is 0 Å². The molecule has 6 nitrogen and oxygen atoms in total. The fourth-order valence-electron chi connectivity index (χ4n) is 2.88. The Balaban J connectivity index is 1.62. The number of aromatic nitrogens is 4. The first-order valence-corrected chi connectivity index (χ1v) is 9.15. The molecule has 0 aliphatic heterocycles. The normalized spacial score (nSPS) is 10.2. The fourth-order valence-corrected chi connectivity index (χ4v) is 2.88. The molecule has 0 saturated heterocycles. The van der Waals surface area contributed by atoms with Crippen LogP contribution >= 0.6 is 0 Å². The van der Waals surface area contributed by atoms with Gasteiger partial charge in [0.05, 0.1) is 29.8 Å². The molecule has 2 aromatic heterocycles. The molecule has 2 aromatic carbocycles. The second-order valence-corrected chi connectivity index (χ2v) is 6.51. The maximum absolute atomic E-state index is 12.6. The average molecular weight is 381 g/mol. The summed E-state index contributed by atoms with van der Waals surface area (Å²) in [4.78, 5) is 16.9. The van der Waals surface area contributed by atoms with E-state index in [-0.39, 0.29) is 5.91 Å². The minimum atomic E-state index is -0.176. The van der Waals surface area contributed by atoms with Gasteiger partial charge in [0.1, 0.15) is 0 Å². The van der Waals surface area contributed by atoms with Crippen LogP contribution in [0.15, 0.2) is 79.5 Å². The third kappa shape index (κ3) is 4.42. The first kappa shape index (κ1) is 18.3. The number of nitrogens with one attached hydrogen (secondary N) is 1. The molecule has 0 spiro atoms. The molecule has 0 fully saturated rings. The minimum absolute atomic E-state index is 0.176. The second kappa shape index (κ2) is 8.28. The Hall–Kier alpha value is -4.11. The van der Waals surface area contributed by atoms with Crippen molar-refractivity contribution in [1.82, 2.24) is 24.6 Å². The Labute approximate surface area is 168 Å². The van der Waals surface area contributed by atoms with Crippen LogP contribution in [0.5, 0.6) is 0 Å². The molecule has 2 heterocycles. The first-order valence-electron chi connectivity index (χ1n) is 9.15. The third-order valence-electron chi connectivity index (χ3n) is 4.31. The molecule has 0 saturated carbocycles. The lowest BCUT2D eigenvalue weighted by molar-refractivity contribution is 0.0950. The summed E-state index contributed by atoms with van der Waals surface area (Å²) < 4.78 is 3.59. The van der Waals surface area contributed by atoms with E-state index in [9.17, 15) is 4.79 Å². The summed E-state index contributed by atoms with van der Waals surface area (Å²) in [6, 6.07) is 17.0. The van der Waals surface area contributed by atoms with Gasteiger partial charge in [-0.05, 0) is 36.4 Å². The van der Waals surface area contributed by atoms with Crippen molar-refractivity contribution in [3.05, 3.63) is 102 Å². The Kier molecular flexibility index (Phi) is 5.21. The van der Waals surface area contributed by atoms with E-state index in [0.29, 0.717) is 12.1 Å². The van der Waals surface area contributed by atoms with E-state index in [1.54, 1.807) is 29.3 Å². The molecule has 6 heteroatoms. The van der Waals surface area contributed by atoms with E-state index in [2.05, 4.69) is 27.2 Å². The number of rotatable bonds is 4. The predicted molar refractivity (Wildman–Crippen MR) is 110 cm³/mol. The van der Waals surface area contributed by atoms with Crippen LogP contribution in [0.1, 0.15) is 27.2 Å². The van der Waals surface area contributed by atoms with Crippen molar-refractivity contribution in [2.24, 2.45) is 7.05 Å². The van der Waals surface area contributed by atoms with Gasteiger partial charge in [-0.2, -0.15) is 5.10 Å². The molecule has 1 N–H and O–H groups in total. The van der Waals surface area contributed by atoms with Crippen molar-refractivity contribution in [2.45, 2.75) is 6.54 Å². The Bertz CT molecular complexity index is 1180. The zero-order valence-electron chi connectivity index (χ0n) is 15.9. The highest BCUT2D eigenvalue weighted by Gasteiger charge is 2.11. The van der Waals surface area contributed by atoms with Crippen LogP contribution in [0, 0.1) is 11.8 Å². The number of benzene rings is 2. The number of imidazole rings is 1. The zero-order valence-corrected chi connectivity index (χ0v) is 15.9. The van der Waals surface area contributed by atoms with Crippen LogP contribution in [0.4, 0.5) is 0 Å². The summed E-state index contributed by atoms with van der Waals surface area (Å²) in [5.41, 5.74) is 3.79. The zero-order chi connectivity index (χ0) is 20.1. The molecule has 0 aliphatic rings. The number of hydrogen-bond donors (Lipinski definition) is 1. The monoisotopic (exact) mass is 381 g/mol. The van der Waals surface area contributed by atoms with Crippen LogP contribution in [0.25, 0.3) is 5.69 Å². The molecule has 4 aromatic rings. The Morgan fingerprint density at radius 2 is 1.97 bits per heavy atom. The maximum atomic E-state index is 12.6. The highest BCUT2D eigenvalue weighted by atomic mass is 16.1. The summed E-state index contributed by atoms with van der Waals surface area (Å²) in [6.07, 6.45) is 7.14. The van der Waals surface area contributed by atoms with Gasteiger partial charge in [-0.3, -0.25) is 4.79 Å². The van der Waals surface area contributed by atoms with Crippen molar-refractivity contribution in [3.8, 4) is 17.5 Å². The van der Waals surface area contributed by atoms with Crippen molar-refractivity contribution < 1.29 is 4.79 Å². The number of hydrogen-bond acceptors (Lipinski definition) is 3. The van der Waals surface area contributed by atoms with Crippen LogP contribution in [-0.4, -0.2) is 25.2 Å². The van der Waals surface area contributed by atoms with Gasteiger partial charge in [0.2, 0.25) is 0 Å². The van der Waals surface area contributed by atoms with Crippen molar-refractivity contribution in [3.63, 3.8) is 0 Å². The van der Waals surface area contributed by atoms with Crippen LogP contribution in [-0.2, 0) is 13.6 Å². The molecule has 0 radical (unpaired) electrons. The standard InChI is InChI=1S/C23H19N5O/c1-27-16-21(25-17-27)15-24-23(29)20-10-11-22(28-13-5-12-26-28)19(14-20)9-8-18-6-3-2-4-7-18/h2-7,10-14,16-17H,15H2,1H3,(H,24,29). The molecule has 0 unspecified atom stereocenters. The third-order valence-corrected chi connectivity index (χ3v) is 4.31. The molecule has 29 heavy (non-hydrogen) atoms. The summed E-state index contributed by atoms with van der Waals surface area (Å²) in [7, 11) is 1.89. The van der Waals surface area contributed by atoms with Gasteiger partial charge in [0, 0.05) is 36.8 Å². The Morgan fingerprint density at radius 3 is 2.69 bits per heavy atom. The number of carbonyl (C=O) groups excluding carboxylic acids is 1. The van der Waals surface area contributed by atoms with Gasteiger partial charge < -0.3 is 9.88 Å². The van der Waals surface area contributed by atoms with Crippen molar-refractivity contribution in [1.29, 1.82) is 0 Å². The highest BCUT2D eigenvalue weighted by Crippen LogP contribution is 2.16. The predicted octanol–water partition coefficient (Wildman–Crippen LogP) is 2.94. The van der Waals surface area contributed by atoms with E-state index in [4.69, 9.17) is 0 Å². The van der Waals surface area contributed by atoms with E-state index >= 15 is 0 Å². The molecular formula is C23H19N5O. The number of nitrogens with zero attached hydrogens (tertiary/aromatic N) is 4. The number of aryl methyl sites for hydroxylation is 1. The van der Waals surface area contributed by atoms with Gasteiger partial charge in [-0.25, -0.2) is 9.67 Å². The first-order chi connectivity index (χ1) is 14.2. The van der Waals surface area contributed by atoms with Crippen molar-refractivity contribution in [2.75, 3.05) is 0 Å². The van der Waals surface area contributed by atoms with Gasteiger partial charge in [-0.15, -0.1) is 0 Å². The second-order valence-electron chi connectivity index (χ2n) is 6.51. The SMILES string of the molecule is Cn1cnc(CNC(=O)c2ccc(-n3cccn3)c(C#Cc3ccccc3)c2)c1. The van der Waals surface area contributed by atoms with E-state index in [0.717, 1.165) is 22.5 Å². The van der Waals surface area contributed by atoms with Crippen molar-refractivity contribution >= 4 is 5.91 Å². The topological polar surface area (TPSA) is 64.7 Å². The van der Waals surface area contributed by atoms with Crippen LogP contribution < -0.4 is 5.32 Å². The van der Waals surface area contributed by atoms with E-state index < -0.39 is 0 Å². The maximum Gasteiger partial charge on any atom is 0.251 e. The van der Waals surface area contributed by atoms with Gasteiger partial charge in [0.25, 0.3) is 5.91 Å². The van der Waals surface area contributed by atoms with Gasteiger partial charge in [-0.1, -0.05) is 30.0 Å². The fraction of sp³-hybridized carbons (Fsp3) is 0.0870. The summed E-state index contributed by atoms with van der Waals surface area (Å²) in [5.74, 6) is 6.16. The lowest BCUT2D eigenvalue weighted by Gasteiger charge is -2.08. The average Bonchev–Trinajstić information content (AvgIpc) is 3.43. The quantitative estimate of drug-likeness (QED) is 0.553. The minimum Gasteiger partial charge on any atom is -0.346 e. The number of carbonyl (C=O) groups is 1. The van der Waals surface area contributed by atoms with Crippen LogP contribution in [0.3, 0.4) is 0 Å². The highest BCUT2D eigenvalue weighted by molar-refractivity contribution is 5.94. The van der Waals surface area contributed by atoms with Crippen LogP contribution in [0.2, 0.25) is 0 Å². The summed E-state index contributed by atoms with van der Waals surface area (Å²) in [5, 5.41) is 7.19. The summed E-state index contributed by atoms with van der Waals surface area (Å²) in [6.45, 7) is 0.367. The molecule has 1 amide bonds. The molecule has 142 valence electrons. The molecule has 0 bridgehead atoms. The lowest BCUT2D eigenvalue weighted by atomic mass is 10.1. The molecule has 0 atom stereocenters. The number of amides is 1. The summed E-state index contributed by atoms with van der Waals surface area (Å²) >= 11 is 0. The largest absolute Gasteiger partial charge is 0.346 e. The molecular weight excluding hydrogens is 362 g/mol. The Morgan fingerprint density at radius 1 is 1.10 bits per heavy atom. The lowest BCUT2D eigenvalue weighted by Crippen LogP contribution is -2.23.